The molecular weight excluding hydrogens is 368 g/mol. The van der Waals surface area contributed by atoms with Crippen LogP contribution in [0.2, 0.25) is 0 Å². The van der Waals surface area contributed by atoms with E-state index in [2.05, 4.69) is 21.2 Å². The minimum Gasteiger partial charge on any atom is -0.352 e. The average Bonchev–Trinajstić information content (AvgIpc) is 3.02. The van der Waals surface area contributed by atoms with Crippen LogP contribution in [-0.4, -0.2) is 18.4 Å². The van der Waals surface area contributed by atoms with Gasteiger partial charge in [0, 0.05) is 29.7 Å². The second kappa shape index (κ2) is 7.62. The van der Waals surface area contributed by atoms with Gasteiger partial charge in [-0.15, -0.1) is 0 Å². The van der Waals surface area contributed by atoms with Gasteiger partial charge in [-0.1, -0.05) is 40.2 Å². The summed E-state index contributed by atoms with van der Waals surface area (Å²) in [5.74, 6) is 0.182. The maximum Gasteiger partial charge on any atom is 0.227 e. The number of nitrogens with zero attached hydrogens (tertiary/aromatic N) is 1. The molecule has 0 atom stereocenters. The summed E-state index contributed by atoms with van der Waals surface area (Å²) in [5.41, 5.74) is 2.94. The fraction of sp³-hybridized carbons (Fsp3) is 0.263. The molecule has 0 aliphatic carbocycles. The van der Waals surface area contributed by atoms with Crippen LogP contribution in [0.25, 0.3) is 0 Å². The Morgan fingerprint density at radius 1 is 1.04 bits per heavy atom. The molecule has 0 spiro atoms. The quantitative estimate of drug-likeness (QED) is 0.855. The third-order valence-corrected chi connectivity index (χ3v) is 4.62. The molecule has 0 unspecified atom stereocenters. The molecule has 0 radical (unpaired) electrons. The molecule has 1 saturated heterocycles. The van der Waals surface area contributed by atoms with E-state index in [1.165, 1.54) is 0 Å². The summed E-state index contributed by atoms with van der Waals surface area (Å²) in [6.45, 7) is 1.28. The first-order valence-corrected chi connectivity index (χ1v) is 8.81. The second-order valence-electron chi connectivity index (χ2n) is 5.90. The molecule has 3 rings (SSSR count). The van der Waals surface area contributed by atoms with Crippen LogP contribution in [0.5, 0.6) is 0 Å². The van der Waals surface area contributed by atoms with E-state index >= 15 is 0 Å². The topological polar surface area (TPSA) is 49.4 Å². The lowest BCUT2D eigenvalue weighted by atomic mass is 10.1. The molecule has 1 aliphatic heterocycles. The maximum atomic E-state index is 12.0. The summed E-state index contributed by atoms with van der Waals surface area (Å²) in [6.07, 6.45) is 1.92. The van der Waals surface area contributed by atoms with Gasteiger partial charge in [0.2, 0.25) is 11.8 Å². The predicted octanol–water partition coefficient (Wildman–Crippen LogP) is 3.43. The zero-order chi connectivity index (χ0) is 16.9. The van der Waals surface area contributed by atoms with E-state index in [-0.39, 0.29) is 11.8 Å². The largest absolute Gasteiger partial charge is 0.352 e. The number of nitrogens with one attached hydrogen (secondary N) is 1. The zero-order valence-electron chi connectivity index (χ0n) is 13.3. The van der Waals surface area contributed by atoms with Crippen molar-refractivity contribution >= 4 is 33.4 Å². The summed E-state index contributed by atoms with van der Waals surface area (Å²) in [5, 5.41) is 2.93. The first-order valence-electron chi connectivity index (χ1n) is 8.02. The van der Waals surface area contributed by atoms with Crippen LogP contribution in [0.15, 0.2) is 53.0 Å². The van der Waals surface area contributed by atoms with E-state index < -0.39 is 0 Å². The first-order chi connectivity index (χ1) is 11.6. The molecule has 2 aromatic carbocycles. The lowest BCUT2D eigenvalue weighted by molar-refractivity contribution is -0.120. The number of carbonyl (C=O) groups is 2. The van der Waals surface area contributed by atoms with Gasteiger partial charge in [0.15, 0.2) is 0 Å². The monoisotopic (exact) mass is 386 g/mol. The molecular formula is C19H19BrN2O2. The van der Waals surface area contributed by atoms with Gasteiger partial charge in [-0.05, 0) is 41.8 Å². The van der Waals surface area contributed by atoms with E-state index in [9.17, 15) is 9.59 Å². The number of amides is 2. The zero-order valence-corrected chi connectivity index (χ0v) is 14.9. The highest BCUT2D eigenvalue weighted by atomic mass is 79.9. The highest BCUT2D eigenvalue weighted by molar-refractivity contribution is 9.10. The van der Waals surface area contributed by atoms with Gasteiger partial charge in [-0.25, -0.2) is 0 Å². The third-order valence-electron chi connectivity index (χ3n) is 4.09. The normalized spacial score (nSPS) is 14.0. The molecule has 2 amide bonds. The maximum absolute atomic E-state index is 12.0. The van der Waals surface area contributed by atoms with Gasteiger partial charge in [0.1, 0.15) is 0 Å². The predicted molar refractivity (Wildman–Crippen MR) is 97.7 cm³/mol. The second-order valence-corrected chi connectivity index (χ2v) is 6.81. The number of hydrogen-bond acceptors (Lipinski definition) is 2. The van der Waals surface area contributed by atoms with Crippen LogP contribution in [0, 0.1) is 0 Å². The van der Waals surface area contributed by atoms with Crippen LogP contribution in [0.3, 0.4) is 0 Å². The van der Waals surface area contributed by atoms with Crippen molar-refractivity contribution < 1.29 is 9.59 Å². The lowest BCUT2D eigenvalue weighted by Gasteiger charge is -2.16. The number of halogens is 1. The summed E-state index contributed by atoms with van der Waals surface area (Å²) in [6, 6.07) is 15.5. The van der Waals surface area contributed by atoms with Crippen LogP contribution in [-0.2, 0) is 22.6 Å². The molecule has 0 aromatic heterocycles. The Bertz CT molecular complexity index is 726. The van der Waals surface area contributed by atoms with Gasteiger partial charge in [0.05, 0.1) is 6.42 Å². The molecule has 1 aliphatic rings. The molecule has 4 nitrogen and oxygen atoms in total. The Morgan fingerprint density at radius 2 is 1.71 bits per heavy atom. The molecule has 24 heavy (non-hydrogen) atoms. The number of carbonyl (C=O) groups excluding carboxylic acids is 2. The molecule has 0 bridgehead atoms. The van der Waals surface area contributed by atoms with Gasteiger partial charge in [-0.2, -0.15) is 0 Å². The fourth-order valence-corrected chi connectivity index (χ4v) is 3.03. The van der Waals surface area contributed by atoms with Crippen molar-refractivity contribution in [2.24, 2.45) is 0 Å². The number of rotatable bonds is 5. The van der Waals surface area contributed by atoms with E-state index in [1.54, 1.807) is 0 Å². The lowest BCUT2D eigenvalue weighted by Crippen LogP contribution is -2.25. The summed E-state index contributed by atoms with van der Waals surface area (Å²) in [7, 11) is 0. The van der Waals surface area contributed by atoms with Crippen molar-refractivity contribution in [2.75, 3.05) is 11.4 Å². The molecule has 5 heteroatoms. The number of hydrogen-bond donors (Lipinski definition) is 1. The third kappa shape index (κ3) is 4.23. The molecule has 1 N–H and O–H groups in total. The standard InChI is InChI=1S/C19H19BrN2O2/c20-16-7-3-14(4-8-16)12-18(23)21-13-15-5-9-17(10-6-15)22-11-1-2-19(22)24/h3-10H,1-2,11-13H2,(H,21,23). The van der Waals surface area contributed by atoms with Crippen LogP contribution >= 0.6 is 15.9 Å². The van der Waals surface area contributed by atoms with Crippen LogP contribution < -0.4 is 10.2 Å². The fourth-order valence-electron chi connectivity index (χ4n) is 2.77. The summed E-state index contributed by atoms with van der Waals surface area (Å²) in [4.78, 5) is 25.6. The van der Waals surface area contributed by atoms with Gasteiger partial charge < -0.3 is 10.2 Å². The van der Waals surface area contributed by atoms with Gasteiger partial charge in [0.25, 0.3) is 0 Å². The van der Waals surface area contributed by atoms with E-state index in [1.807, 2.05) is 53.4 Å². The van der Waals surface area contributed by atoms with E-state index in [4.69, 9.17) is 0 Å². The van der Waals surface area contributed by atoms with Gasteiger partial charge in [-0.3, -0.25) is 9.59 Å². The SMILES string of the molecule is O=C(Cc1ccc(Br)cc1)NCc1ccc(N2CCCC2=O)cc1. The van der Waals surface area contributed by atoms with Crippen molar-refractivity contribution in [3.63, 3.8) is 0 Å². The molecule has 1 heterocycles. The Kier molecular flexibility index (Phi) is 5.30. The van der Waals surface area contributed by atoms with Crippen molar-refractivity contribution in [3.8, 4) is 0 Å². The number of benzene rings is 2. The Labute approximate surface area is 150 Å². The average molecular weight is 387 g/mol. The van der Waals surface area contributed by atoms with Crippen LogP contribution in [0.1, 0.15) is 24.0 Å². The smallest absolute Gasteiger partial charge is 0.227 e. The first kappa shape index (κ1) is 16.7. The Hall–Kier alpha value is -2.14. The van der Waals surface area contributed by atoms with Crippen molar-refractivity contribution in [1.29, 1.82) is 0 Å². The minimum absolute atomic E-state index is 0.00359. The molecule has 124 valence electrons. The Balaban J connectivity index is 1.51. The van der Waals surface area contributed by atoms with Crippen molar-refractivity contribution in [3.05, 3.63) is 64.1 Å². The highest BCUT2D eigenvalue weighted by Gasteiger charge is 2.21. The summed E-state index contributed by atoms with van der Waals surface area (Å²) < 4.78 is 1.00. The Morgan fingerprint density at radius 3 is 2.33 bits per heavy atom. The molecule has 1 fully saturated rings. The van der Waals surface area contributed by atoms with E-state index in [0.717, 1.165) is 34.3 Å². The molecule has 2 aromatic rings. The highest BCUT2D eigenvalue weighted by Crippen LogP contribution is 2.21. The van der Waals surface area contributed by atoms with Gasteiger partial charge >= 0.3 is 0 Å². The molecule has 0 saturated carbocycles. The number of anilines is 1. The van der Waals surface area contributed by atoms with Crippen LogP contribution in [0.4, 0.5) is 5.69 Å². The minimum atomic E-state index is -0.00359. The summed E-state index contributed by atoms with van der Waals surface area (Å²) >= 11 is 3.38. The van der Waals surface area contributed by atoms with Crippen molar-refractivity contribution in [2.45, 2.75) is 25.8 Å². The van der Waals surface area contributed by atoms with Crippen molar-refractivity contribution in [1.82, 2.24) is 5.32 Å². The van der Waals surface area contributed by atoms with E-state index in [0.29, 0.717) is 19.4 Å².